The highest BCUT2D eigenvalue weighted by Crippen LogP contribution is 2.50. The first-order valence-corrected chi connectivity index (χ1v) is 13.0. The number of methoxy groups -OCH3 is 2. The van der Waals surface area contributed by atoms with Gasteiger partial charge in [-0.15, -0.1) is 0 Å². The summed E-state index contributed by atoms with van der Waals surface area (Å²) in [5.74, 6) is -0.922. The Hall–Kier alpha value is -3.72. The molecule has 6 nitrogen and oxygen atoms in total. The van der Waals surface area contributed by atoms with Crippen LogP contribution >= 0.6 is 0 Å². The molecule has 0 aromatic heterocycles. The third-order valence-corrected chi connectivity index (χ3v) is 8.14. The smallest absolute Gasteiger partial charge is 0.319 e. The van der Waals surface area contributed by atoms with Crippen molar-refractivity contribution in [3.63, 3.8) is 0 Å². The van der Waals surface area contributed by atoms with Crippen molar-refractivity contribution < 1.29 is 27.4 Å². The summed E-state index contributed by atoms with van der Waals surface area (Å²) in [6.45, 7) is 1.51. The number of halogens is 3. The van der Waals surface area contributed by atoms with E-state index in [2.05, 4.69) is 27.7 Å². The third-order valence-electron chi connectivity index (χ3n) is 8.14. The zero-order valence-electron chi connectivity index (χ0n) is 22.0. The molecule has 3 atom stereocenters. The number of urea groups is 1. The van der Waals surface area contributed by atoms with Gasteiger partial charge in [-0.05, 0) is 79.8 Å². The Morgan fingerprint density at radius 1 is 0.949 bits per heavy atom. The van der Waals surface area contributed by atoms with Gasteiger partial charge in [0.2, 0.25) is 0 Å². The molecule has 5 rings (SSSR count). The van der Waals surface area contributed by atoms with E-state index in [1.54, 1.807) is 26.4 Å². The molecular formula is C30H32F3N3O3. The van der Waals surface area contributed by atoms with Crippen LogP contribution in [-0.2, 0) is 12.0 Å². The number of rotatable bonds is 7. The van der Waals surface area contributed by atoms with Crippen molar-refractivity contribution in [2.75, 3.05) is 26.1 Å². The van der Waals surface area contributed by atoms with Crippen LogP contribution in [0.5, 0.6) is 11.5 Å². The topological polar surface area (TPSA) is 62.8 Å². The molecule has 3 aromatic carbocycles. The van der Waals surface area contributed by atoms with Crippen molar-refractivity contribution >= 4 is 11.7 Å². The second-order valence-corrected chi connectivity index (χ2v) is 10.3. The van der Waals surface area contributed by atoms with Crippen LogP contribution in [0.4, 0.5) is 23.7 Å². The molecule has 9 heteroatoms. The van der Waals surface area contributed by atoms with Gasteiger partial charge in [-0.25, -0.2) is 18.0 Å². The Bertz CT molecular complexity index is 1340. The lowest BCUT2D eigenvalue weighted by Gasteiger charge is -2.45. The molecule has 2 amide bonds. The number of anilines is 1. The van der Waals surface area contributed by atoms with Gasteiger partial charge in [-0.2, -0.15) is 0 Å². The summed E-state index contributed by atoms with van der Waals surface area (Å²) in [7, 11) is 3.24. The van der Waals surface area contributed by atoms with Gasteiger partial charge in [0, 0.05) is 35.8 Å². The summed E-state index contributed by atoms with van der Waals surface area (Å²) in [6, 6.07) is 15.4. The predicted molar refractivity (Wildman–Crippen MR) is 143 cm³/mol. The highest BCUT2D eigenvalue weighted by atomic mass is 19.2. The Labute approximate surface area is 226 Å². The van der Waals surface area contributed by atoms with Gasteiger partial charge < -0.3 is 20.1 Å². The Kier molecular flexibility index (Phi) is 7.70. The maximum atomic E-state index is 13.6. The van der Waals surface area contributed by atoms with Gasteiger partial charge in [-0.3, -0.25) is 4.90 Å². The number of carbonyl (C=O) groups excluding carboxylic acids is 1. The van der Waals surface area contributed by atoms with E-state index in [1.807, 2.05) is 6.07 Å². The Morgan fingerprint density at radius 3 is 2.44 bits per heavy atom. The molecule has 0 unspecified atom stereocenters. The zero-order chi connectivity index (χ0) is 27.6. The molecule has 2 fully saturated rings. The van der Waals surface area contributed by atoms with Gasteiger partial charge in [0.05, 0.1) is 14.2 Å². The summed E-state index contributed by atoms with van der Waals surface area (Å²) in [4.78, 5) is 15.2. The van der Waals surface area contributed by atoms with Crippen LogP contribution < -0.4 is 20.1 Å². The van der Waals surface area contributed by atoms with Crippen LogP contribution in [-0.4, -0.2) is 43.8 Å². The Morgan fingerprint density at radius 2 is 1.72 bits per heavy atom. The van der Waals surface area contributed by atoms with Crippen LogP contribution in [0.1, 0.15) is 36.8 Å². The van der Waals surface area contributed by atoms with E-state index in [0.717, 1.165) is 49.1 Å². The molecule has 1 saturated heterocycles. The van der Waals surface area contributed by atoms with Crippen molar-refractivity contribution in [3.8, 4) is 11.5 Å². The lowest BCUT2D eigenvalue weighted by molar-refractivity contribution is 0.131. The van der Waals surface area contributed by atoms with E-state index in [0.29, 0.717) is 24.5 Å². The summed E-state index contributed by atoms with van der Waals surface area (Å²) < 4.78 is 51.5. The molecule has 1 heterocycles. The average Bonchev–Trinajstić information content (AvgIpc) is 3.30. The number of benzene rings is 3. The Balaban J connectivity index is 1.38. The summed E-state index contributed by atoms with van der Waals surface area (Å²) in [5, 5.41) is 5.63. The second-order valence-electron chi connectivity index (χ2n) is 10.3. The summed E-state index contributed by atoms with van der Waals surface area (Å²) in [6.07, 6.45) is 3.21. The molecular weight excluding hydrogens is 507 g/mol. The van der Waals surface area contributed by atoms with E-state index in [-0.39, 0.29) is 29.0 Å². The number of ether oxygens (including phenoxy) is 2. The van der Waals surface area contributed by atoms with Gasteiger partial charge in [0.15, 0.2) is 23.1 Å². The lowest BCUT2D eigenvalue weighted by atomic mass is 9.65. The van der Waals surface area contributed by atoms with Crippen LogP contribution in [0.25, 0.3) is 0 Å². The first-order chi connectivity index (χ1) is 18.8. The largest absolute Gasteiger partial charge is 0.493 e. The monoisotopic (exact) mass is 539 g/mol. The molecule has 1 aliphatic heterocycles. The van der Waals surface area contributed by atoms with Crippen molar-refractivity contribution in [1.82, 2.24) is 10.2 Å². The van der Waals surface area contributed by atoms with E-state index in [9.17, 15) is 18.0 Å². The number of carbonyl (C=O) groups is 1. The second kappa shape index (κ2) is 11.2. The van der Waals surface area contributed by atoms with E-state index >= 15 is 0 Å². The molecule has 3 aromatic rings. The average molecular weight is 540 g/mol. The number of hydrogen-bond donors (Lipinski definition) is 2. The number of hydrogen-bond acceptors (Lipinski definition) is 4. The van der Waals surface area contributed by atoms with Crippen molar-refractivity contribution in [1.29, 1.82) is 0 Å². The molecule has 1 saturated carbocycles. The fourth-order valence-corrected chi connectivity index (χ4v) is 6.20. The predicted octanol–water partition coefficient (Wildman–Crippen LogP) is 6.01. The van der Waals surface area contributed by atoms with Crippen LogP contribution in [0.2, 0.25) is 0 Å². The fourth-order valence-electron chi connectivity index (χ4n) is 6.20. The highest BCUT2D eigenvalue weighted by molar-refractivity contribution is 5.89. The van der Waals surface area contributed by atoms with Crippen LogP contribution in [0.15, 0.2) is 60.7 Å². The number of nitrogens with one attached hydrogen (secondary N) is 2. The molecule has 39 heavy (non-hydrogen) atoms. The molecule has 2 N–H and O–H groups in total. The maximum absolute atomic E-state index is 13.6. The third kappa shape index (κ3) is 5.54. The molecule has 0 radical (unpaired) electrons. The van der Waals surface area contributed by atoms with E-state index in [4.69, 9.17) is 9.47 Å². The zero-order valence-corrected chi connectivity index (χ0v) is 22.0. The molecule has 0 bridgehead atoms. The summed E-state index contributed by atoms with van der Waals surface area (Å²) in [5.41, 5.74) is 2.21. The van der Waals surface area contributed by atoms with Gasteiger partial charge in [-0.1, -0.05) is 18.2 Å². The molecule has 2 aliphatic rings. The maximum Gasteiger partial charge on any atom is 0.319 e. The fraction of sp³-hybridized carbons (Fsp3) is 0.367. The van der Waals surface area contributed by atoms with E-state index in [1.165, 1.54) is 18.2 Å². The van der Waals surface area contributed by atoms with Gasteiger partial charge in [0.1, 0.15) is 5.82 Å². The number of nitrogens with zero attached hydrogens (tertiary/aromatic N) is 1. The van der Waals surface area contributed by atoms with Gasteiger partial charge >= 0.3 is 6.03 Å². The molecule has 1 aliphatic carbocycles. The van der Waals surface area contributed by atoms with Crippen molar-refractivity contribution in [2.45, 2.75) is 49.7 Å². The van der Waals surface area contributed by atoms with E-state index < -0.39 is 17.7 Å². The standard InChI is InChI=1S/C30H32F3N3O3/c1-38-26-10-5-20(15-27(26)39-2)30-12-11-23(35-29(37)34-22-8-9-24(32)25(33)16-22)17-28(30)36(14-13-30)18-19-3-6-21(31)7-4-19/h3-10,15-16,23,28H,11-14,17-18H2,1-2H3,(H2,34,35,37)/t23-,28+,30-/m0/s1. The quantitative estimate of drug-likeness (QED) is 0.386. The minimum absolute atomic E-state index is 0.1000. The SMILES string of the molecule is COc1ccc([C@@]23CC[C@H](NC(=O)Nc4ccc(F)c(F)c4)C[C@H]2N(Cc2ccc(F)cc2)CC3)cc1OC. The molecule has 206 valence electrons. The van der Waals surface area contributed by atoms with Crippen LogP contribution in [0, 0.1) is 17.5 Å². The summed E-state index contributed by atoms with van der Waals surface area (Å²) >= 11 is 0. The minimum Gasteiger partial charge on any atom is -0.493 e. The minimum atomic E-state index is -1.02. The number of likely N-dealkylation sites (tertiary alicyclic amines) is 1. The lowest BCUT2D eigenvalue weighted by Crippen LogP contribution is -2.52. The van der Waals surface area contributed by atoms with Gasteiger partial charge in [0.25, 0.3) is 0 Å². The van der Waals surface area contributed by atoms with Crippen LogP contribution in [0.3, 0.4) is 0 Å². The van der Waals surface area contributed by atoms with Crippen molar-refractivity contribution in [2.24, 2.45) is 0 Å². The molecule has 0 spiro atoms. The first kappa shape index (κ1) is 26.9. The first-order valence-electron chi connectivity index (χ1n) is 13.0. The van der Waals surface area contributed by atoms with Crippen molar-refractivity contribution in [3.05, 3.63) is 89.2 Å². The highest BCUT2D eigenvalue weighted by Gasteiger charge is 2.51. The normalized spacial score (nSPS) is 22.7. The number of amides is 2. The number of fused-ring (bicyclic) bond motifs is 1.